The zero-order valence-electron chi connectivity index (χ0n) is 10.5. The van der Waals surface area contributed by atoms with Crippen molar-refractivity contribution in [2.45, 2.75) is 40.2 Å². The molecule has 0 saturated heterocycles. The first-order chi connectivity index (χ1) is 7.81. The minimum absolute atomic E-state index is 0.642. The van der Waals surface area contributed by atoms with Gasteiger partial charge in [-0.05, 0) is 19.9 Å². The molecule has 0 saturated carbocycles. The van der Waals surface area contributed by atoms with E-state index in [1.165, 1.54) is 6.42 Å². The lowest BCUT2D eigenvalue weighted by Crippen LogP contribution is -2.24. The Balaban J connectivity index is 2.52. The van der Waals surface area contributed by atoms with Crippen LogP contribution in [0.5, 0.6) is 0 Å². The van der Waals surface area contributed by atoms with E-state index >= 15 is 0 Å². The van der Waals surface area contributed by atoms with Crippen LogP contribution < -0.4 is 10.2 Å². The number of nitrogens with zero attached hydrogens (tertiary/aromatic N) is 3. The average Bonchev–Trinajstić information content (AvgIpc) is 2.76. The lowest BCUT2D eigenvalue weighted by molar-refractivity contribution is 0.463. The van der Waals surface area contributed by atoms with Gasteiger partial charge < -0.3 is 14.6 Å². The highest BCUT2D eigenvalue weighted by molar-refractivity contribution is 5.23. The maximum absolute atomic E-state index is 5.58. The molecule has 0 aliphatic heterocycles. The summed E-state index contributed by atoms with van der Waals surface area (Å²) in [5.74, 6) is 0.659. The lowest BCUT2D eigenvalue weighted by Gasteiger charge is -2.16. The van der Waals surface area contributed by atoms with Crippen molar-refractivity contribution in [3.8, 4) is 0 Å². The number of unbranched alkanes of at least 4 members (excludes halogenated alkanes) is 1. The molecule has 1 aromatic rings. The van der Waals surface area contributed by atoms with Gasteiger partial charge in [0.25, 0.3) is 0 Å². The van der Waals surface area contributed by atoms with Crippen LogP contribution in [0.25, 0.3) is 0 Å². The highest BCUT2D eigenvalue weighted by Crippen LogP contribution is 2.12. The van der Waals surface area contributed by atoms with Crippen molar-refractivity contribution in [2.24, 2.45) is 0 Å². The third-order valence-corrected chi connectivity index (χ3v) is 2.42. The van der Waals surface area contributed by atoms with E-state index in [2.05, 4.69) is 41.2 Å². The number of hydrogen-bond acceptors (Lipinski definition) is 5. The van der Waals surface area contributed by atoms with E-state index in [0.717, 1.165) is 26.1 Å². The summed E-state index contributed by atoms with van der Waals surface area (Å²) < 4.78 is 5.58. The summed E-state index contributed by atoms with van der Waals surface area (Å²) in [6.45, 7) is 9.78. The van der Waals surface area contributed by atoms with E-state index in [0.29, 0.717) is 18.5 Å². The zero-order chi connectivity index (χ0) is 11.8. The predicted octanol–water partition coefficient (Wildman–Crippen LogP) is 1.81. The Hall–Kier alpha value is -1.10. The SMILES string of the molecule is CCCCN(CC)c1nnc(CNCC)o1. The van der Waals surface area contributed by atoms with E-state index in [1.807, 2.05) is 0 Å². The molecular formula is C11H22N4O. The molecule has 92 valence electrons. The summed E-state index contributed by atoms with van der Waals surface area (Å²) >= 11 is 0. The second-order valence-electron chi connectivity index (χ2n) is 3.69. The zero-order valence-corrected chi connectivity index (χ0v) is 10.5. The molecule has 0 aliphatic rings. The van der Waals surface area contributed by atoms with Gasteiger partial charge in [0.15, 0.2) is 0 Å². The summed E-state index contributed by atoms with van der Waals surface area (Å²) in [6.07, 6.45) is 2.33. The molecule has 1 aromatic heterocycles. The Kier molecular flexibility index (Phi) is 5.85. The Morgan fingerprint density at radius 1 is 1.25 bits per heavy atom. The minimum atomic E-state index is 0.642. The van der Waals surface area contributed by atoms with Gasteiger partial charge in [0.1, 0.15) is 0 Å². The van der Waals surface area contributed by atoms with Crippen molar-refractivity contribution in [3.63, 3.8) is 0 Å². The molecule has 1 rings (SSSR count). The van der Waals surface area contributed by atoms with E-state index in [4.69, 9.17) is 4.42 Å². The van der Waals surface area contributed by atoms with Gasteiger partial charge in [0.2, 0.25) is 5.89 Å². The number of rotatable bonds is 8. The molecule has 5 nitrogen and oxygen atoms in total. The molecule has 5 heteroatoms. The van der Waals surface area contributed by atoms with E-state index in [1.54, 1.807) is 0 Å². The van der Waals surface area contributed by atoms with Gasteiger partial charge in [0, 0.05) is 13.1 Å². The fourth-order valence-electron chi connectivity index (χ4n) is 1.41. The van der Waals surface area contributed by atoms with Crippen LogP contribution in [0.2, 0.25) is 0 Å². The molecule has 1 heterocycles. The Labute approximate surface area is 97.2 Å². The van der Waals surface area contributed by atoms with Crippen LogP contribution in [0.3, 0.4) is 0 Å². The summed E-state index contributed by atoms with van der Waals surface area (Å²) in [5, 5.41) is 11.2. The predicted molar refractivity (Wildman–Crippen MR) is 64.5 cm³/mol. The standard InChI is InChI=1S/C11H22N4O/c1-4-7-8-15(6-3)11-14-13-10(16-11)9-12-5-2/h12H,4-9H2,1-3H3. The van der Waals surface area contributed by atoms with Crippen molar-refractivity contribution in [1.29, 1.82) is 0 Å². The summed E-state index contributed by atoms with van der Waals surface area (Å²) in [5.41, 5.74) is 0. The van der Waals surface area contributed by atoms with Gasteiger partial charge in [-0.3, -0.25) is 0 Å². The smallest absolute Gasteiger partial charge is 0.318 e. The topological polar surface area (TPSA) is 54.2 Å². The first-order valence-corrected chi connectivity index (χ1v) is 6.09. The van der Waals surface area contributed by atoms with Crippen LogP contribution in [-0.4, -0.2) is 29.8 Å². The van der Waals surface area contributed by atoms with E-state index < -0.39 is 0 Å². The third kappa shape index (κ3) is 3.81. The van der Waals surface area contributed by atoms with Crippen LogP contribution in [-0.2, 0) is 6.54 Å². The molecule has 16 heavy (non-hydrogen) atoms. The van der Waals surface area contributed by atoms with Gasteiger partial charge in [-0.25, -0.2) is 0 Å². The number of aromatic nitrogens is 2. The van der Waals surface area contributed by atoms with Crippen LogP contribution in [0.15, 0.2) is 4.42 Å². The van der Waals surface area contributed by atoms with Crippen LogP contribution in [0.1, 0.15) is 39.5 Å². The number of anilines is 1. The Bertz CT molecular complexity index is 287. The molecule has 0 aliphatic carbocycles. The molecule has 0 bridgehead atoms. The van der Waals surface area contributed by atoms with Gasteiger partial charge >= 0.3 is 6.01 Å². The quantitative estimate of drug-likeness (QED) is 0.732. The summed E-state index contributed by atoms with van der Waals surface area (Å²) in [6, 6.07) is 0.642. The van der Waals surface area contributed by atoms with Gasteiger partial charge in [-0.1, -0.05) is 25.4 Å². The van der Waals surface area contributed by atoms with Crippen LogP contribution >= 0.6 is 0 Å². The highest BCUT2D eigenvalue weighted by atomic mass is 16.4. The van der Waals surface area contributed by atoms with Gasteiger partial charge in [-0.15, -0.1) is 5.10 Å². The van der Waals surface area contributed by atoms with Crippen molar-refractivity contribution < 1.29 is 4.42 Å². The van der Waals surface area contributed by atoms with Crippen LogP contribution in [0.4, 0.5) is 6.01 Å². The maximum atomic E-state index is 5.58. The maximum Gasteiger partial charge on any atom is 0.318 e. The van der Waals surface area contributed by atoms with Crippen molar-refractivity contribution in [3.05, 3.63) is 5.89 Å². The van der Waals surface area contributed by atoms with E-state index in [-0.39, 0.29) is 0 Å². The third-order valence-electron chi connectivity index (χ3n) is 2.42. The van der Waals surface area contributed by atoms with Crippen molar-refractivity contribution >= 4 is 6.01 Å². The lowest BCUT2D eigenvalue weighted by atomic mass is 10.3. The second-order valence-corrected chi connectivity index (χ2v) is 3.69. The fourth-order valence-corrected chi connectivity index (χ4v) is 1.41. The monoisotopic (exact) mass is 226 g/mol. The normalized spacial score (nSPS) is 10.7. The molecule has 0 aromatic carbocycles. The molecular weight excluding hydrogens is 204 g/mol. The molecule has 0 unspecified atom stereocenters. The number of hydrogen-bond donors (Lipinski definition) is 1. The molecule has 1 N–H and O–H groups in total. The molecule has 0 spiro atoms. The largest absolute Gasteiger partial charge is 0.407 e. The van der Waals surface area contributed by atoms with Crippen molar-refractivity contribution in [2.75, 3.05) is 24.5 Å². The molecule has 0 amide bonds. The average molecular weight is 226 g/mol. The number of nitrogens with one attached hydrogen (secondary N) is 1. The minimum Gasteiger partial charge on any atom is -0.407 e. The van der Waals surface area contributed by atoms with Crippen molar-refractivity contribution in [1.82, 2.24) is 15.5 Å². The summed E-state index contributed by atoms with van der Waals surface area (Å²) in [7, 11) is 0. The highest BCUT2D eigenvalue weighted by Gasteiger charge is 2.11. The van der Waals surface area contributed by atoms with Gasteiger partial charge in [0.05, 0.1) is 6.54 Å². The van der Waals surface area contributed by atoms with Gasteiger partial charge in [-0.2, -0.15) is 0 Å². The molecule has 0 fully saturated rings. The fraction of sp³-hybridized carbons (Fsp3) is 0.818. The molecule has 0 radical (unpaired) electrons. The second kappa shape index (κ2) is 7.22. The first-order valence-electron chi connectivity index (χ1n) is 6.09. The Morgan fingerprint density at radius 3 is 2.69 bits per heavy atom. The van der Waals surface area contributed by atoms with E-state index in [9.17, 15) is 0 Å². The summed E-state index contributed by atoms with van der Waals surface area (Å²) in [4.78, 5) is 2.12. The van der Waals surface area contributed by atoms with Crippen LogP contribution in [0, 0.1) is 0 Å². The first kappa shape index (κ1) is 13.0. The Morgan fingerprint density at radius 2 is 2.06 bits per heavy atom. The molecule has 0 atom stereocenters.